The van der Waals surface area contributed by atoms with Gasteiger partial charge in [0.15, 0.2) is 11.4 Å². The number of carbonyl (C=O) groups is 2. The predicted molar refractivity (Wildman–Crippen MR) is 177 cm³/mol. The van der Waals surface area contributed by atoms with Crippen LogP contribution in [0.4, 0.5) is 40.8 Å². The number of carbonyl (C=O) groups excluding carboxylic acids is 2. The number of halogens is 3. The summed E-state index contributed by atoms with van der Waals surface area (Å²) >= 11 is 0. The standard InChI is InChI=1S/C35H33F3N6O4/c1-20(2)27-15-14-26-30(43-27)39-19-40-31(26)44-28-17-21(32(45)41-24-8-6-7-22(18-24)35(36,37)38)9-16-29(28)47-25-12-10-23(11-13-25)42-33(46)48-34(3,4)5/h6-20H,1-5H3,(H,41,45)(H,42,46)(H,39,40,43,44). The molecule has 0 aliphatic carbocycles. The van der Waals surface area contributed by atoms with Crippen LogP contribution in [0.1, 0.15) is 62.2 Å². The third-order valence-corrected chi connectivity index (χ3v) is 6.78. The van der Waals surface area contributed by atoms with Crippen LogP contribution in [-0.4, -0.2) is 32.6 Å². The minimum Gasteiger partial charge on any atom is -0.455 e. The van der Waals surface area contributed by atoms with Crippen molar-refractivity contribution in [3.8, 4) is 11.5 Å². The minimum atomic E-state index is -4.56. The zero-order chi connectivity index (χ0) is 34.6. The highest BCUT2D eigenvalue weighted by Crippen LogP contribution is 2.35. The number of fused-ring (bicyclic) bond motifs is 1. The highest BCUT2D eigenvalue weighted by Gasteiger charge is 2.30. The molecule has 0 radical (unpaired) electrons. The molecule has 0 bridgehead atoms. The SMILES string of the molecule is CC(C)c1ccc2c(Nc3cc(C(=O)Nc4cccc(C(F)(F)F)c4)ccc3Oc3ccc(NC(=O)OC(C)(C)C)cc3)ncnc2n1. The van der Waals surface area contributed by atoms with Crippen molar-refractivity contribution in [1.82, 2.24) is 15.0 Å². The summed E-state index contributed by atoms with van der Waals surface area (Å²) in [4.78, 5) is 38.7. The predicted octanol–water partition coefficient (Wildman–Crippen LogP) is 9.30. The summed E-state index contributed by atoms with van der Waals surface area (Å²) in [5.41, 5.74) is 0.712. The van der Waals surface area contributed by atoms with Crippen LogP contribution in [0.15, 0.2) is 85.2 Å². The number of alkyl halides is 3. The second-order valence-electron chi connectivity index (χ2n) is 12.1. The fraction of sp³-hybridized carbons (Fsp3) is 0.229. The maximum absolute atomic E-state index is 13.2. The Morgan fingerprint density at radius 1 is 0.833 bits per heavy atom. The molecule has 2 heterocycles. The topological polar surface area (TPSA) is 127 Å². The monoisotopic (exact) mass is 658 g/mol. The number of amides is 2. The maximum Gasteiger partial charge on any atom is 0.416 e. The molecule has 0 aliphatic rings. The molecule has 5 rings (SSSR count). The second kappa shape index (κ2) is 13.6. The van der Waals surface area contributed by atoms with Crippen molar-refractivity contribution in [1.29, 1.82) is 0 Å². The first-order valence-corrected chi connectivity index (χ1v) is 14.9. The van der Waals surface area contributed by atoms with Gasteiger partial charge in [-0.3, -0.25) is 10.1 Å². The molecule has 0 aliphatic heterocycles. The third-order valence-electron chi connectivity index (χ3n) is 6.78. The van der Waals surface area contributed by atoms with Gasteiger partial charge in [-0.25, -0.2) is 19.7 Å². The van der Waals surface area contributed by atoms with Crippen LogP contribution in [0.3, 0.4) is 0 Å². The highest BCUT2D eigenvalue weighted by atomic mass is 19.4. The molecule has 0 unspecified atom stereocenters. The smallest absolute Gasteiger partial charge is 0.416 e. The van der Waals surface area contributed by atoms with Gasteiger partial charge in [-0.1, -0.05) is 19.9 Å². The number of aromatic nitrogens is 3. The molecule has 13 heteroatoms. The van der Waals surface area contributed by atoms with Gasteiger partial charge in [0.05, 0.1) is 16.6 Å². The molecule has 48 heavy (non-hydrogen) atoms. The summed E-state index contributed by atoms with van der Waals surface area (Å²) < 4.78 is 51.2. The Bertz CT molecular complexity index is 1960. The summed E-state index contributed by atoms with van der Waals surface area (Å²) in [6, 6.07) is 19.2. The van der Waals surface area contributed by atoms with E-state index in [0.717, 1.165) is 17.8 Å². The first kappa shape index (κ1) is 33.6. The van der Waals surface area contributed by atoms with Crippen molar-refractivity contribution in [3.05, 3.63) is 102 Å². The normalized spacial score (nSPS) is 11.7. The van der Waals surface area contributed by atoms with Crippen LogP contribution < -0.4 is 20.7 Å². The van der Waals surface area contributed by atoms with Gasteiger partial charge in [0.1, 0.15) is 23.5 Å². The molecule has 10 nitrogen and oxygen atoms in total. The lowest BCUT2D eigenvalue weighted by molar-refractivity contribution is -0.137. The van der Waals surface area contributed by atoms with Crippen LogP contribution in [0.25, 0.3) is 11.0 Å². The van der Waals surface area contributed by atoms with Crippen LogP contribution in [0.2, 0.25) is 0 Å². The zero-order valence-corrected chi connectivity index (χ0v) is 26.8. The van der Waals surface area contributed by atoms with Crippen LogP contribution in [0, 0.1) is 0 Å². The number of anilines is 4. The first-order valence-electron chi connectivity index (χ1n) is 14.9. The fourth-order valence-corrected chi connectivity index (χ4v) is 4.50. The molecular formula is C35H33F3N6O4. The summed E-state index contributed by atoms with van der Waals surface area (Å²) in [7, 11) is 0. The molecule has 0 saturated carbocycles. The number of hydrogen-bond acceptors (Lipinski definition) is 8. The van der Waals surface area contributed by atoms with Gasteiger partial charge in [-0.2, -0.15) is 13.2 Å². The number of rotatable bonds is 8. The van der Waals surface area contributed by atoms with Gasteiger partial charge in [0, 0.05) is 22.6 Å². The van der Waals surface area contributed by atoms with Gasteiger partial charge in [-0.15, -0.1) is 0 Å². The number of ether oxygens (including phenoxy) is 2. The summed E-state index contributed by atoms with van der Waals surface area (Å²) in [5, 5.41) is 9.01. The molecule has 0 fully saturated rings. The third kappa shape index (κ3) is 8.55. The van der Waals surface area contributed by atoms with E-state index in [1.54, 1.807) is 51.1 Å². The Balaban J connectivity index is 1.45. The lowest BCUT2D eigenvalue weighted by atomic mass is 10.1. The molecule has 0 spiro atoms. The van der Waals surface area contributed by atoms with Crippen LogP contribution >= 0.6 is 0 Å². The Hall–Kier alpha value is -5.72. The number of benzene rings is 3. The van der Waals surface area contributed by atoms with Crippen molar-refractivity contribution in [3.63, 3.8) is 0 Å². The van der Waals surface area contributed by atoms with Crippen molar-refractivity contribution in [2.24, 2.45) is 0 Å². The molecule has 2 amide bonds. The van der Waals surface area contributed by atoms with Gasteiger partial charge < -0.3 is 20.1 Å². The number of nitrogens with zero attached hydrogens (tertiary/aromatic N) is 3. The number of nitrogens with one attached hydrogen (secondary N) is 3. The Kier molecular flexibility index (Phi) is 9.50. The Labute approximate surface area is 274 Å². The van der Waals surface area contributed by atoms with E-state index in [4.69, 9.17) is 9.47 Å². The Morgan fingerprint density at radius 2 is 1.58 bits per heavy atom. The van der Waals surface area contributed by atoms with E-state index in [9.17, 15) is 22.8 Å². The van der Waals surface area contributed by atoms with E-state index >= 15 is 0 Å². The van der Waals surface area contributed by atoms with E-state index < -0.39 is 29.3 Å². The molecule has 3 N–H and O–H groups in total. The highest BCUT2D eigenvalue weighted by molar-refractivity contribution is 6.05. The summed E-state index contributed by atoms with van der Waals surface area (Å²) in [6.07, 6.45) is -3.80. The van der Waals surface area contributed by atoms with E-state index in [-0.39, 0.29) is 17.2 Å². The molecule has 2 aromatic heterocycles. The minimum absolute atomic E-state index is 0.0152. The van der Waals surface area contributed by atoms with E-state index in [1.807, 2.05) is 26.0 Å². The van der Waals surface area contributed by atoms with Gasteiger partial charge >= 0.3 is 12.3 Å². The quantitative estimate of drug-likeness (QED) is 0.151. The van der Waals surface area contributed by atoms with Crippen LogP contribution in [-0.2, 0) is 10.9 Å². The number of pyridine rings is 1. The zero-order valence-electron chi connectivity index (χ0n) is 26.8. The molecule has 248 valence electrons. The Morgan fingerprint density at radius 3 is 2.27 bits per heavy atom. The fourth-order valence-electron chi connectivity index (χ4n) is 4.50. The lowest BCUT2D eigenvalue weighted by Gasteiger charge is -2.19. The van der Waals surface area contributed by atoms with E-state index in [2.05, 4.69) is 30.9 Å². The molecule has 3 aromatic carbocycles. The molecular weight excluding hydrogens is 625 g/mol. The van der Waals surface area contributed by atoms with Gasteiger partial charge in [0.2, 0.25) is 0 Å². The van der Waals surface area contributed by atoms with Crippen molar-refractivity contribution in [2.45, 2.75) is 52.3 Å². The van der Waals surface area contributed by atoms with E-state index in [0.29, 0.717) is 39.7 Å². The molecule has 0 saturated heterocycles. The molecule has 5 aromatic rings. The van der Waals surface area contributed by atoms with Gasteiger partial charge in [-0.05, 0) is 99.5 Å². The van der Waals surface area contributed by atoms with Gasteiger partial charge in [0.25, 0.3) is 5.91 Å². The average Bonchev–Trinajstić information content (AvgIpc) is 3.01. The average molecular weight is 659 g/mol. The van der Waals surface area contributed by atoms with E-state index in [1.165, 1.54) is 30.6 Å². The van der Waals surface area contributed by atoms with Crippen molar-refractivity contribution in [2.75, 3.05) is 16.0 Å². The maximum atomic E-state index is 13.2. The largest absolute Gasteiger partial charge is 0.455 e. The molecule has 0 atom stereocenters. The second-order valence-corrected chi connectivity index (χ2v) is 12.1. The first-order chi connectivity index (χ1) is 22.6. The van der Waals surface area contributed by atoms with Crippen molar-refractivity contribution < 1.29 is 32.2 Å². The number of hydrogen-bond donors (Lipinski definition) is 3. The summed E-state index contributed by atoms with van der Waals surface area (Å²) in [6.45, 7) is 9.33. The van der Waals surface area contributed by atoms with Crippen LogP contribution in [0.5, 0.6) is 11.5 Å². The lowest BCUT2D eigenvalue weighted by Crippen LogP contribution is -2.27. The van der Waals surface area contributed by atoms with Crippen molar-refractivity contribution >= 4 is 45.9 Å². The summed E-state index contributed by atoms with van der Waals surface area (Å²) in [5.74, 6) is 0.637.